The van der Waals surface area contributed by atoms with Crippen molar-refractivity contribution in [2.75, 3.05) is 5.75 Å². The van der Waals surface area contributed by atoms with Crippen LogP contribution in [0.5, 0.6) is 0 Å². The Morgan fingerprint density at radius 1 is 1.75 bits per heavy atom. The van der Waals surface area contributed by atoms with Crippen LogP contribution in [0.1, 0.15) is 12.8 Å². The van der Waals surface area contributed by atoms with Crippen molar-refractivity contribution < 1.29 is 0 Å². The molecular formula is C7H11N3S2. The molecule has 2 rings (SSSR count). The van der Waals surface area contributed by atoms with Crippen LogP contribution in [0.15, 0.2) is 9.85 Å². The lowest BCUT2D eigenvalue weighted by Crippen LogP contribution is -2.24. The summed E-state index contributed by atoms with van der Waals surface area (Å²) in [7, 11) is 0. The maximum atomic E-state index is 5.93. The largest absolute Gasteiger partial charge is 0.327 e. The van der Waals surface area contributed by atoms with Crippen molar-refractivity contribution in [2.45, 2.75) is 23.2 Å². The molecule has 66 valence electrons. The number of nitrogens with zero attached hydrogens (tertiary/aromatic N) is 2. The van der Waals surface area contributed by atoms with Crippen LogP contribution in [-0.2, 0) is 0 Å². The minimum Gasteiger partial charge on any atom is -0.327 e. The molecule has 1 aromatic rings. The van der Waals surface area contributed by atoms with Gasteiger partial charge in [0.05, 0.1) is 0 Å². The number of aromatic nitrogens is 2. The molecule has 12 heavy (non-hydrogen) atoms. The van der Waals surface area contributed by atoms with Crippen LogP contribution in [-0.4, -0.2) is 22.0 Å². The van der Waals surface area contributed by atoms with E-state index in [2.05, 4.69) is 10.2 Å². The van der Waals surface area contributed by atoms with Gasteiger partial charge in [-0.3, -0.25) is 0 Å². The van der Waals surface area contributed by atoms with Crippen LogP contribution in [0.3, 0.4) is 0 Å². The molecular weight excluding hydrogens is 190 g/mol. The Labute approximate surface area is 79.8 Å². The van der Waals surface area contributed by atoms with Crippen LogP contribution in [0.4, 0.5) is 0 Å². The third-order valence-corrected chi connectivity index (χ3v) is 3.97. The van der Waals surface area contributed by atoms with Crippen LogP contribution in [0, 0.1) is 5.92 Å². The monoisotopic (exact) mass is 201 g/mol. The van der Waals surface area contributed by atoms with E-state index in [1.165, 1.54) is 12.8 Å². The van der Waals surface area contributed by atoms with Crippen molar-refractivity contribution >= 4 is 23.1 Å². The summed E-state index contributed by atoms with van der Waals surface area (Å²) in [5.41, 5.74) is 7.69. The SMILES string of the molecule is NC(CSc1nncs1)C1CC1. The molecule has 0 saturated heterocycles. The van der Waals surface area contributed by atoms with E-state index in [-0.39, 0.29) is 0 Å². The summed E-state index contributed by atoms with van der Waals surface area (Å²) in [6, 6.07) is 0.360. The van der Waals surface area contributed by atoms with E-state index in [1.54, 1.807) is 28.6 Å². The molecule has 0 bridgehead atoms. The van der Waals surface area contributed by atoms with Gasteiger partial charge in [0.1, 0.15) is 5.51 Å². The summed E-state index contributed by atoms with van der Waals surface area (Å²) >= 11 is 3.31. The molecule has 1 saturated carbocycles. The van der Waals surface area contributed by atoms with Crippen molar-refractivity contribution in [3.05, 3.63) is 5.51 Å². The van der Waals surface area contributed by atoms with Gasteiger partial charge in [0.2, 0.25) is 0 Å². The molecule has 0 spiro atoms. The topological polar surface area (TPSA) is 51.8 Å². The van der Waals surface area contributed by atoms with E-state index < -0.39 is 0 Å². The van der Waals surface area contributed by atoms with Crippen molar-refractivity contribution in [3.8, 4) is 0 Å². The van der Waals surface area contributed by atoms with Crippen molar-refractivity contribution in [3.63, 3.8) is 0 Å². The average Bonchev–Trinajstić information content (AvgIpc) is 2.80. The molecule has 0 aliphatic heterocycles. The standard InChI is InChI=1S/C7H11N3S2/c8-6(5-1-2-5)3-11-7-10-9-4-12-7/h4-6H,1-3,8H2. The van der Waals surface area contributed by atoms with Gasteiger partial charge in [-0.25, -0.2) is 0 Å². The normalized spacial score (nSPS) is 19.4. The minimum absolute atomic E-state index is 0.360. The van der Waals surface area contributed by atoms with Crippen LogP contribution < -0.4 is 5.73 Å². The first-order chi connectivity index (χ1) is 5.86. The van der Waals surface area contributed by atoms with Gasteiger partial charge in [0.25, 0.3) is 0 Å². The lowest BCUT2D eigenvalue weighted by molar-refractivity contribution is 0.659. The summed E-state index contributed by atoms with van der Waals surface area (Å²) in [5.74, 6) is 1.77. The number of nitrogens with two attached hydrogens (primary N) is 1. The zero-order valence-electron chi connectivity index (χ0n) is 6.64. The van der Waals surface area contributed by atoms with E-state index in [0.29, 0.717) is 6.04 Å². The molecule has 2 N–H and O–H groups in total. The second-order valence-electron chi connectivity index (χ2n) is 3.02. The highest BCUT2D eigenvalue weighted by atomic mass is 32.2. The fourth-order valence-corrected chi connectivity index (χ4v) is 2.65. The second kappa shape index (κ2) is 3.72. The van der Waals surface area contributed by atoms with Crippen molar-refractivity contribution in [1.82, 2.24) is 10.2 Å². The molecule has 0 aromatic carbocycles. The first-order valence-corrected chi connectivity index (χ1v) is 5.87. The van der Waals surface area contributed by atoms with Gasteiger partial charge in [0, 0.05) is 11.8 Å². The maximum Gasteiger partial charge on any atom is 0.174 e. The zero-order valence-corrected chi connectivity index (χ0v) is 8.27. The molecule has 1 atom stereocenters. The van der Waals surface area contributed by atoms with Gasteiger partial charge < -0.3 is 5.73 Å². The lowest BCUT2D eigenvalue weighted by atomic mass is 10.2. The summed E-state index contributed by atoms with van der Waals surface area (Å²) in [6.45, 7) is 0. The molecule has 0 amide bonds. The number of rotatable bonds is 4. The first-order valence-electron chi connectivity index (χ1n) is 4.01. The zero-order chi connectivity index (χ0) is 8.39. The van der Waals surface area contributed by atoms with Gasteiger partial charge in [0.15, 0.2) is 4.34 Å². The molecule has 1 aliphatic rings. The van der Waals surface area contributed by atoms with Crippen molar-refractivity contribution in [1.29, 1.82) is 0 Å². The summed E-state index contributed by atoms with van der Waals surface area (Å²) in [6.07, 6.45) is 2.63. The molecule has 1 aromatic heterocycles. The van der Waals surface area contributed by atoms with E-state index in [0.717, 1.165) is 16.0 Å². The minimum atomic E-state index is 0.360. The smallest absolute Gasteiger partial charge is 0.174 e. The molecule has 3 nitrogen and oxygen atoms in total. The first kappa shape index (κ1) is 8.47. The Kier molecular flexibility index (Phi) is 2.63. The number of hydrogen-bond acceptors (Lipinski definition) is 5. The summed E-state index contributed by atoms with van der Waals surface area (Å²) in [5, 5.41) is 7.71. The Morgan fingerprint density at radius 2 is 2.58 bits per heavy atom. The highest BCUT2D eigenvalue weighted by molar-refractivity contribution is 8.01. The summed E-state index contributed by atoms with van der Waals surface area (Å²) < 4.78 is 1.03. The van der Waals surface area contributed by atoms with Gasteiger partial charge in [-0.05, 0) is 18.8 Å². The lowest BCUT2D eigenvalue weighted by Gasteiger charge is -2.06. The fraction of sp³-hybridized carbons (Fsp3) is 0.714. The molecule has 1 heterocycles. The van der Waals surface area contributed by atoms with E-state index in [1.807, 2.05) is 0 Å². The molecule has 5 heteroatoms. The Hall–Kier alpha value is -0.130. The third-order valence-electron chi connectivity index (χ3n) is 1.97. The van der Waals surface area contributed by atoms with Gasteiger partial charge in [-0.2, -0.15) is 0 Å². The predicted octanol–water partition coefficient (Wildman–Crippen LogP) is 1.37. The molecule has 1 unspecified atom stereocenters. The second-order valence-corrected chi connectivity index (χ2v) is 5.12. The van der Waals surface area contributed by atoms with Gasteiger partial charge in [-0.1, -0.05) is 23.1 Å². The Bertz CT molecular complexity index is 233. The van der Waals surface area contributed by atoms with Crippen LogP contribution in [0.2, 0.25) is 0 Å². The molecule has 1 fully saturated rings. The fourth-order valence-electron chi connectivity index (χ4n) is 1.05. The van der Waals surface area contributed by atoms with Crippen LogP contribution >= 0.6 is 23.1 Å². The van der Waals surface area contributed by atoms with Gasteiger partial charge >= 0.3 is 0 Å². The summed E-state index contributed by atoms with van der Waals surface area (Å²) in [4.78, 5) is 0. The number of hydrogen-bond donors (Lipinski definition) is 1. The molecule has 0 radical (unpaired) electrons. The highest BCUT2D eigenvalue weighted by Crippen LogP contribution is 2.34. The van der Waals surface area contributed by atoms with E-state index >= 15 is 0 Å². The average molecular weight is 201 g/mol. The predicted molar refractivity (Wildman–Crippen MR) is 51.3 cm³/mol. The quantitative estimate of drug-likeness (QED) is 0.747. The van der Waals surface area contributed by atoms with Crippen molar-refractivity contribution in [2.24, 2.45) is 11.7 Å². The molecule has 1 aliphatic carbocycles. The Morgan fingerprint density at radius 3 is 3.17 bits per heavy atom. The van der Waals surface area contributed by atoms with Crippen LogP contribution in [0.25, 0.3) is 0 Å². The van der Waals surface area contributed by atoms with E-state index in [4.69, 9.17) is 5.73 Å². The van der Waals surface area contributed by atoms with Gasteiger partial charge in [-0.15, -0.1) is 10.2 Å². The Balaban J connectivity index is 1.74. The van der Waals surface area contributed by atoms with E-state index in [9.17, 15) is 0 Å². The number of thioether (sulfide) groups is 1. The highest BCUT2D eigenvalue weighted by Gasteiger charge is 2.28. The third kappa shape index (κ3) is 2.18. The maximum absolute atomic E-state index is 5.93.